The van der Waals surface area contributed by atoms with Crippen LogP contribution in [0.15, 0.2) is 29.4 Å². The van der Waals surface area contributed by atoms with Crippen LogP contribution in [0, 0.1) is 0 Å². The van der Waals surface area contributed by atoms with Gasteiger partial charge in [0.1, 0.15) is 5.84 Å². The van der Waals surface area contributed by atoms with Crippen molar-refractivity contribution >= 4 is 11.5 Å². The first kappa shape index (κ1) is 12.4. The van der Waals surface area contributed by atoms with Crippen molar-refractivity contribution in [1.82, 2.24) is 0 Å². The van der Waals surface area contributed by atoms with Gasteiger partial charge in [0.25, 0.3) is 0 Å². The molecule has 0 radical (unpaired) electrons. The fraction of sp³-hybridized carbons (Fsp3) is 0.417. The van der Waals surface area contributed by atoms with Crippen molar-refractivity contribution < 1.29 is 5.21 Å². The fourth-order valence-electron chi connectivity index (χ4n) is 1.54. The Morgan fingerprint density at radius 2 is 2.19 bits per heavy atom. The molecule has 4 nitrogen and oxygen atoms in total. The lowest BCUT2D eigenvalue weighted by Crippen LogP contribution is -2.13. The summed E-state index contributed by atoms with van der Waals surface area (Å²) in [5.74, 6) is 0.283. The number of benzene rings is 1. The van der Waals surface area contributed by atoms with E-state index in [0.717, 1.165) is 19.4 Å². The molecule has 0 aromatic heterocycles. The molecule has 4 heteroatoms. The molecule has 0 amide bonds. The van der Waals surface area contributed by atoms with Crippen molar-refractivity contribution in [3.05, 3.63) is 29.8 Å². The molecule has 0 aliphatic heterocycles. The van der Waals surface area contributed by atoms with E-state index in [1.165, 1.54) is 11.3 Å². The number of oxime groups is 1. The highest BCUT2D eigenvalue weighted by Crippen LogP contribution is 2.15. The van der Waals surface area contributed by atoms with E-state index in [9.17, 15) is 0 Å². The van der Waals surface area contributed by atoms with E-state index in [2.05, 4.69) is 29.5 Å². The van der Waals surface area contributed by atoms with Crippen molar-refractivity contribution in [3.8, 4) is 0 Å². The van der Waals surface area contributed by atoms with Gasteiger partial charge >= 0.3 is 0 Å². The zero-order valence-corrected chi connectivity index (χ0v) is 9.61. The number of nitrogens with zero attached hydrogens (tertiary/aromatic N) is 1. The normalized spacial score (nSPS) is 11.4. The number of hydrogen-bond acceptors (Lipinski definition) is 3. The third-order valence-electron chi connectivity index (χ3n) is 2.45. The summed E-state index contributed by atoms with van der Waals surface area (Å²) >= 11 is 0. The van der Waals surface area contributed by atoms with E-state index in [0.29, 0.717) is 6.42 Å². The van der Waals surface area contributed by atoms with Gasteiger partial charge in [-0.2, -0.15) is 0 Å². The van der Waals surface area contributed by atoms with Crippen LogP contribution < -0.4 is 11.1 Å². The zero-order valence-electron chi connectivity index (χ0n) is 9.61. The van der Waals surface area contributed by atoms with E-state index < -0.39 is 0 Å². The minimum Gasteiger partial charge on any atom is -0.409 e. The first-order valence-electron chi connectivity index (χ1n) is 5.56. The topological polar surface area (TPSA) is 70.6 Å². The Balaban J connectivity index is 2.37. The molecule has 0 fully saturated rings. The average molecular weight is 221 g/mol. The lowest BCUT2D eigenvalue weighted by atomic mass is 10.1. The molecule has 0 unspecified atom stereocenters. The van der Waals surface area contributed by atoms with Gasteiger partial charge in [0.05, 0.1) is 0 Å². The minimum absolute atomic E-state index is 0.283. The Kier molecular flexibility index (Phi) is 5.19. The van der Waals surface area contributed by atoms with Crippen molar-refractivity contribution in [2.24, 2.45) is 10.9 Å². The Hall–Kier alpha value is -1.71. The van der Waals surface area contributed by atoms with Crippen LogP contribution >= 0.6 is 0 Å². The quantitative estimate of drug-likeness (QED) is 0.227. The van der Waals surface area contributed by atoms with Gasteiger partial charge in [0.2, 0.25) is 0 Å². The Morgan fingerprint density at radius 1 is 1.44 bits per heavy atom. The van der Waals surface area contributed by atoms with E-state index in [1.54, 1.807) is 0 Å². The molecule has 0 saturated heterocycles. The van der Waals surface area contributed by atoms with Gasteiger partial charge in [-0.3, -0.25) is 0 Å². The number of nitrogens with one attached hydrogen (secondary N) is 1. The Bertz CT molecular complexity index is 350. The lowest BCUT2D eigenvalue weighted by molar-refractivity contribution is 0.316. The van der Waals surface area contributed by atoms with Crippen LogP contribution in [0.1, 0.15) is 25.3 Å². The molecule has 0 aliphatic rings. The van der Waals surface area contributed by atoms with Crippen LogP contribution in [0.25, 0.3) is 0 Å². The van der Waals surface area contributed by atoms with Crippen LogP contribution in [0.3, 0.4) is 0 Å². The summed E-state index contributed by atoms with van der Waals surface area (Å²) in [5, 5.41) is 14.7. The SMILES string of the molecule is CCc1ccccc1NCCCC(N)=NO. The summed E-state index contributed by atoms with van der Waals surface area (Å²) in [6, 6.07) is 8.25. The maximum atomic E-state index is 8.38. The first-order chi connectivity index (χ1) is 7.77. The van der Waals surface area contributed by atoms with Crippen LogP contribution in [-0.4, -0.2) is 17.6 Å². The summed E-state index contributed by atoms with van der Waals surface area (Å²) in [5.41, 5.74) is 7.86. The summed E-state index contributed by atoms with van der Waals surface area (Å²) in [7, 11) is 0. The monoisotopic (exact) mass is 221 g/mol. The highest BCUT2D eigenvalue weighted by Gasteiger charge is 1.98. The molecule has 0 atom stereocenters. The second-order valence-corrected chi connectivity index (χ2v) is 3.63. The number of nitrogens with two attached hydrogens (primary N) is 1. The predicted octanol–water partition coefficient (Wildman–Crippen LogP) is 2.19. The molecule has 0 aliphatic carbocycles. The molecule has 0 saturated carbocycles. The predicted molar refractivity (Wildman–Crippen MR) is 67.0 cm³/mol. The molecule has 4 N–H and O–H groups in total. The van der Waals surface area contributed by atoms with Crippen LogP contribution in [-0.2, 0) is 6.42 Å². The number of anilines is 1. The highest BCUT2D eigenvalue weighted by molar-refractivity contribution is 5.79. The van der Waals surface area contributed by atoms with Gasteiger partial charge in [-0.25, -0.2) is 0 Å². The number of amidine groups is 1. The molecule has 1 aromatic rings. The third-order valence-corrected chi connectivity index (χ3v) is 2.45. The fourth-order valence-corrected chi connectivity index (χ4v) is 1.54. The van der Waals surface area contributed by atoms with E-state index in [-0.39, 0.29) is 5.84 Å². The maximum Gasteiger partial charge on any atom is 0.139 e. The number of hydrogen-bond donors (Lipinski definition) is 3. The largest absolute Gasteiger partial charge is 0.409 e. The summed E-state index contributed by atoms with van der Waals surface area (Å²) in [6.07, 6.45) is 2.48. The van der Waals surface area contributed by atoms with Gasteiger partial charge < -0.3 is 16.3 Å². The molecule has 0 spiro atoms. The minimum atomic E-state index is 0.283. The molecular weight excluding hydrogens is 202 g/mol. The molecule has 16 heavy (non-hydrogen) atoms. The second kappa shape index (κ2) is 6.71. The maximum absolute atomic E-state index is 8.38. The number of aryl methyl sites for hydroxylation is 1. The zero-order chi connectivity index (χ0) is 11.8. The Labute approximate surface area is 96.2 Å². The number of para-hydroxylation sites is 1. The van der Waals surface area contributed by atoms with Crippen molar-refractivity contribution in [3.63, 3.8) is 0 Å². The first-order valence-corrected chi connectivity index (χ1v) is 5.56. The third kappa shape index (κ3) is 3.81. The average Bonchev–Trinajstić information content (AvgIpc) is 2.34. The van der Waals surface area contributed by atoms with Crippen LogP contribution in [0.5, 0.6) is 0 Å². The van der Waals surface area contributed by atoms with Crippen molar-refractivity contribution in [1.29, 1.82) is 0 Å². The molecule has 0 heterocycles. The van der Waals surface area contributed by atoms with Gasteiger partial charge in [-0.05, 0) is 24.5 Å². The molecule has 88 valence electrons. The summed E-state index contributed by atoms with van der Waals surface area (Å²) in [4.78, 5) is 0. The smallest absolute Gasteiger partial charge is 0.139 e. The second-order valence-electron chi connectivity index (χ2n) is 3.63. The molecule has 1 aromatic carbocycles. The van der Waals surface area contributed by atoms with Crippen molar-refractivity contribution in [2.45, 2.75) is 26.2 Å². The number of rotatable bonds is 6. The van der Waals surface area contributed by atoms with Crippen molar-refractivity contribution in [2.75, 3.05) is 11.9 Å². The van der Waals surface area contributed by atoms with Gasteiger partial charge in [0, 0.05) is 18.7 Å². The lowest BCUT2D eigenvalue weighted by Gasteiger charge is -2.10. The molecule has 1 rings (SSSR count). The molecular formula is C12H19N3O. The van der Waals surface area contributed by atoms with Gasteiger partial charge in [-0.1, -0.05) is 30.3 Å². The summed E-state index contributed by atoms with van der Waals surface area (Å²) < 4.78 is 0. The Morgan fingerprint density at radius 3 is 2.88 bits per heavy atom. The van der Waals surface area contributed by atoms with Gasteiger partial charge in [-0.15, -0.1) is 0 Å². The summed E-state index contributed by atoms with van der Waals surface area (Å²) in [6.45, 7) is 2.96. The standard InChI is InChI=1S/C12H19N3O/c1-2-10-6-3-4-7-11(10)14-9-5-8-12(13)15-16/h3-4,6-7,14,16H,2,5,8-9H2,1H3,(H2,13,15). The highest BCUT2D eigenvalue weighted by atomic mass is 16.4. The van der Waals surface area contributed by atoms with E-state index >= 15 is 0 Å². The van der Waals surface area contributed by atoms with Crippen LogP contribution in [0.4, 0.5) is 5.69 Å². The van der Waals surface area contributed by atoms with E-state index in [4.69, 9.17) is 10.9 Å². The van der Waals surface area contributed by atoms with Gasteiger partial charge in [0.15, 0.2) is 0 Å². The van der Waals surface area contributed by atoms with Crippen LogP contribution in [0.2, 0.25) is 0 Å². The molecule has 0 bridgehead atoms. The van der Waals surface area contributed by atoms with E-state index in [1.807, 2.05) is 12.1 Å².